The summed E-state index contributed by atoms with van der Waals surface area (Å²) in [6.07, 6.45) is 0.825. The van der Waals surface area contributed by atoms with Gasteiger partial charge < -0.3 is 15.0 Å². The van der Waals surface area contributed by atoms with Crippen LogP contribution in [0.3, 0.4) is 0 Å². The van der Waals surface area contributed by atoms with Crippen molar-refractivity contribution in [3.8, 4) is 5.75 Å². The zero-order valence-corrected chi connectivity index (χ0v) is 16.8. The van der Waals surface area contributed by atoms with Gasteiger partial charge in [0.25, 0.3) is 0 Å². The van der Waals surface area contributed by atoms with Gasteiger partial charge in [0, 0.05) is 17.8 Å². The molecule has 0 saturated carbocycles. The molecule has 2 amide bonds. The maximum Gasteiger partial charge on any atom is 0.229 e. The lowest BCUT2D eigenvalue weighted by atomic mass is 9.83. The minimum Gasteiger partial charge on any atom is -0.497 e. The standard InChI is InChI=1S/C25H24N2O3/c1-30-21-14-12-20(13-15-21)27-23(28)17-16-22(24(27)18-8-4-2-5-9-18)25(29)26-19-10-6-3-7-11-19/h2-15,22,24H,16-17H2,1H3,(H,26,29)/t22-,24+/m0/s1. The fourth-order valence-electron chi connectivity index (χ4n) is 4.00. The average Bonchev–Trinajstić information content (AvgIpc) is 2.80. The Morgan fingerprint density at radius 3 is 2.20 bits per heavy atom. The van der Waals surface area contributed by atoms with Crippen molar-refractivity contribution in [2.75, 3.05) is 17.3 Å². The summed E-state index contributed by atoms with van der Waals surface area (Å²) in [6.45, 7) is 0. The molecule has 1 saturated heterocycles. The number of nitrogens with one attached hydrogen (secondary N) is 1. The van der Waals surface area contributed by atoms with Crippen molar-refractivity contribution >= 4 is 23.2 Å². The minimum atomic E-state index is -0.385. The summed E-state index contributed by atoms with van der Waals surface area (Å²) in [6, 6.07) is 26.2. The molecule has 4 rings (SSSR count). The van der Waals surface area contributed by atoms with Gasteiger partial charge in [0.1, 0.15) is 5.75 Å². The summed E-state index contributed by atoms with van der Waals surface area (Å²) in [5.74, 6) is 0.282. The third-order valence-corrected chi connectivity index (χ3v) is 5.47. The molecule has 5 heteroatoms. The van der Waals surface area contributed by atoms with E-state index in [2.05, 4.69) is 5.32 Å². The molecule has 1 heterocycles. The lowest BCUT2D eigenvalue weighted by molar-refractivity contribution is -0.125. The highest BCUT2D eigenvalue weighted by Gasteiger charge is 2.41. The van der Waals surface area contributed by atoms with Gasteiger partial charge in [-0.05, 0) is 48.4 Å². The van der Waals surface area contributed by atoms with E-state index in [1.54, 1.807) is 12.0 Å². The topological polar surface area (TPSA) is 58.6 Å². The number of hydrogen-bond acceptors (Lipinski definition) is 3. The molecule has 2 atom stereocenters. The Hall–Kier alpha value is -3.60. The summed E-state index contributed by atoms with van der Waals surface area (Å²) in [5.41, 5.74) is 2.45. The Morgan fingerprint density at radius 2 is 1.57 bits per heavy atom. The molecule has 3 aromatic carbocycles. The van der Waals surface area contributed by atoms with Crippen LogP contribution in [0.1, 0.15) is 24.4 Å². The molecule has 1 fully saturated rings. The highest BCUT2D eigenvalue weighted by molar-refractivity contribution is 6.00. The van der Waals surface area contributed by atoms with Crippen LogP contribution in [0.15, 0.2) is 84.9 Å². The maximum absolute atomic E-state index is 13.3. The predicted molar refractivity (Wildman–Crippen MR) is 117 cm³/mol. The normalized spacial score (nSPS) is 18.7. The number of benzene rings is 3. The second-order valence-electron chi connectivity index (χ2n) is 7.32. The Balaban J connectivity index is 1.71. The molecule has 0 bridgehead atoms. The van der Waals surface area contributed by atoms with Crippen LogP contribution in [0.2, 0.25) is 0 Å². The summed E-state index contributed by atoms with van der Waals surface area (Å²) in [7, 11) is 1.61. The monoisotopic (exact) mass is 400 g/mol. The lowest BCUT2D eigenvalue weighted by Crippen LogP contribution is -2.46. The quantitative estimate of drug-likeness (QED) is 0.668. The number of amides is 2. The van der Waals surface area contributed by atoms with Crippen molar-refractivity contribution in [2.24, 2.45) is 5.92 Å². The second-order valence-corrected chi connectivity index (χ2v) is 7.32. The first kappa shape index (κ1) is 19.7. The summed E-state index contributed by atoms with van der Waals surface area (Å²) in [4.78, 5) is 28.0. The molecule has 1 aliphatic heterocycles. The first-order chi connectivity index (χ1) is 14.7. The molecule has 0 aliphatic carbocycles. The molecule has 152 valence electrons. The van der Waals surface area contributed by atoms with E-state index >= 15 is 0 Å². The van der Waals surface area contributed by atoms with Gasteiger partial charge in [-0.3, -0.25) is 9.59 Å². The van der Waals surface area contributed by atoms with Crippen LogP contribution in [-0.4, -0.2) is 18.9 Å². The molecule has 30 heavy (non-hydrogen) atoms. The first-order valence-corrected chi connectivity index (χ1v) is 10.0. The van der Waals surface area contributed by atoms with E-state index in [0.717, 1.165) is 22.7 Å². The highest BCUT2D eigenvalue weighted by Crippen LogP contribution is 2.40. The van der Waals surface area contributed by atoms with Crippen molar-refractivity contribution in [1.29, 1.82) is 0 Å². The molecule has 0 aromatic heterocycles. The lowest BCUT2D eigenvalue weighted by Gasteiger charge is -2.41. The summed E-state index contributed by atoms with van der Waals surface area (Å²) in [5, 5.41) is 3.02. The zero-order valence-electron chi connectivity index (χ0n) is 16.8. The van der Waals surface area contributed by atoms with E-state index < -0.39 is 0 Å². The van der Waals surface area contributed by atoms with Crippen molar-refractivity contribution in [2.45, 2.75) is 18.9 Å². The molecular formula is C25H24N2O3. The summed E-state index contributed by atoms with van der Waals surface area (Å²) < 4.78 is 5.25. The minimum absolute atomic E-state index is 0.0118. The SMILES string of the molecule is COc1ccc(N2C(=O)CC[C@H](C(=O)Nc3ccccc3)[C@H]2c2ccccc2)cc1. The average molecular weight is 400 g/mol. The number of rotatable bonds is 5. The molecule has 0 radical (unpaired) electrons. The number of hydrogen-bond donors (Lipinski definition) is 1. The number of ether oxygens (including phenoxy) is 1. The Kier molecular flexibility index (Phi) is 5.80. The van der Waals surface area contributed by atoms with Crippen LogP contribution in [0.4, 0.5) is 11.4 Å². The van der Waals surface area contributed by atoms with Crippen LogP contribution in [0.5, 0.6) is 5.75 Å². The van der Waals surface area contributed by atoms with Gasteiger partial charge in [0.15, 0.2) is 0 Å². The molecule has 0 spiro atoms. The molecule has 0 unspecified atom stereocenters. The molecule has 5 nitrogen and oxygen atoms in total. The van der Waals surface area contributed by atoms with Gasteiger partial charge in [0.2, 0.25) is 11.8 Å². The number of piperidine rings is 1. The number of carbonyl (C=O) groups excluding carboxylic acids is 2. The number of anilines is 2. The zero-order chi connectivity index (χ0) is 20.9. The van der Waals surface area contributed by atoms with Crippen molar-refractivity contribution in [3.05, 3.63) is 90.5 Å². The van der Waals surface area contributed by atoms with Crippen LogP contribution in [-0.2, 0) is 9.59 Å². The molecule has 1 N–H and O–H groups in total. The van der Waals surface area contributed by atoms with E-state index in [0.29, 0.717) is 12.8 Å². The van der Waals surface area contributed by atoms with E-state index in [1.165, 1.54) is 0 Å². The predicted octanol–water partition coefficient (Wildman–Crippen LogP) is 4.82. The highest BCUT2D eigenvalue weighted by atomic mass is 16.5. The smallest absolute Gasteiger partial charge is 0.229 e. The largest absolute Gasteiger partial charge is 0.497 e. The second kappa shape index (κ2) is 8.82. The van der Waals surface area contributed by atoms with E-state index in [9.17, 15) is 9.59 Å². The fraction of sp³-hybridized carbons (Fsp3) is 0.200. The number of carbonyl (C=O) groups is 2. The van der Waals surface area contributed by atoms with Gasteiger partial charge in [-0.2, -0.15) is 0 Å². The van der Waals surface area contributed by atoms with Gasteiger partial charge in [-0.1, -0.05) is 48.5 Å². The van der Waals surface area contributed by atoms with E-state index in [-0.39, 0.29) is 23.8 Å². The maximum atomic E-state index is 13.3. The molecular weight excluding hydrogens is 376 g/mol. The van der Waals surface area contributed by atoms with Gasteiger partial charge in [-0.25, -0.2) is 0 Å². The van der Waals surface area contributed by atoms with Gasteiger partial charge in [0.05, 0.1) is 19.1 Å². The fourth-order valence-corrected chi connectivity index (χ4v) is 4.00. The van der Waals surface area contributed by atoms with Crippen LogP contribution >= 0.6 is 0 Å². The van der Waals surface area contributed by atoms with E-state index in [4.69, 9.17) is 4.74 Å². The number of para-hydroxylation sites is 1. The van der Waals surface area contributed by atoms with E-state index in [1.807, 2.05) is 84.9 Å². The third-order valence-electron chi connectivity index (χ3n) is 5.47. The van der Waals surface area contributed by atoms with Crippen molar-refractivity contribution in [1.82, 2.24) is 0 Å². The van der Waals surface area contributed by atoms with Crippen molar-refractivity contribution < 1.29 is 14.3 Å². The number of nitrogens with zero attached hydrogens (tertiary/aromatic N) is 1. The molecule has 1 aliphatic rings. The number of methoxy groups -OCH3 is 1. The Labute approximate surface area is 176 Å². The Bertz CT molecular complexity index is 1000. The van der Waals surface area contributed by atoms with Crippen LogP contribution < -0.4 is 15.0 Å². The van der Waals surface area contributed by atoms with Crippen LogP contribution in [0, 0.1) is 5.92 Å². The molecule has 3 aromatic rings. The van der Waals surface area contributed by atoms with Gasteiger partial charge >= 0.3 is 0 Å². The Morgan fingerprint density at radius 1 is 0.933 bits per heavy atom. The van der Waals surface area contributed by atoms with Gasteiger partial charge in [-0.15, -0.1) is 0 Å². The van der Waals surface area contributed by atoms with Crippen molar-refractivity contribution in [3.63, 3.8) is 0 Å². The summed E-state index contributed by atoms with van der Waals surface area (Å²) >= 11 is 0. The first-order valence-electron chi connectivity index (χ1n) is 10.0. The third kappa shape index (κ3) is 4.06. The van der Waals surface area contributed by atoms with Crippen LogP contribution in [0.25, 0.3) is 0 Å².